The summed E-state index contributed by atoms with van der Waals surface area (Å²) in [5.41, 5.74) is 0.538. The Bertz CT molecular complexity index is 444. The Morgan fingerprint density at radius 1 is 1.29 bits per heavy atom. The second-order valence-corrected chi connectivity index (χ2v) is 4.69. The molecule has 0 heterocycles. The molecule has 21 heavy (non-hydrogen) atoms. The number of benzene rings is 1. The molecule has 0 atom stereocenters. The van der Waals surface area contributed by atoms with E-state index >= 15 is 0 Å². The number of nitrogens with one attached hydrogen (secondary N) is 2. The van der Waals surface area contributed by atoms with Gasteiger partial charge in [-0.3, -0.25) is 4.79 Å². The van der Waals surface area contributed by atoms with Gasteiger partial charge in [-0.25, -0.2) is 8.78 Å². The molecular weight excluding hydrogens is 278 g/mol. The first-order chi connectivity index (χ1) is 10.1. The van der Waals surface area contributed by atoms with Gasteiger partial charge >= 0.3 is 0 Å². The Balaban J connectivity index is 2.53. The third-order valence-electron chi connectivity index (χ3n) is 2.89. The van der Waals surface area contributed by atoms with E-state index in [2.05, 4.69) is 10.6 Å². The Hall–Kier alpha value is -1.69. The molecule has 0 radical (unpaired) electrons. The van der Waals surface area contributed by atoms with E-state index in [1.165, 1.54) is 19.2 Å². The maximum absolute atomic E-state index is 13.8. The number of ether oxygens (including phenoxy) is 1. The molecule has 2 N–H and O–H groups in total. The summed E-state index contributed by atoms with van der Waals surface area (Å²) < 4.78 is 32.7. The van der Waals surface area contributed by atoms with Gasteiger partial charge in [-0.1, -0.05) is 6.92 Å². The number of amides is 1. The van der Waals surface area contributed by atoms with Gasteiger partial charge in [0.25, 0.3) is 0 Å². The van der Waals surface area contributed by atoms with E-state index in [1.54, 1.807) is 0 Å². The summed E-state index contributed by atoms with van der Waals surface area (Å²) in [6, 6.07) is 2.53. The highest BCUT2D eigenvalue weighted by molar-refractivity contribution is 5.75. The van der Waals surface area contributed by atoms with Gasteiger partial charge in [0.15, 0.2) is 17.4 Å². The van der Waals surface area contributed by atoms with Gasteiger partial charge in [0, 0.05) is 20.0 Å². The van der Waals surface area contributed by atoms with Crippen LogP contribution in [0.3, 0.4) is 0 Å². The minimum atomic E-state index is -0.719. The van der Waals surface area contributed by atoms with Crippen molar-refractivity contribution in [2.45, 2.75) is 32.7 Å². The van der Waals surface area contributed by atoms with Crippen molar-refractivity contribution in [2.75, 3.05) is 20.2 Å². The van der Waals surface area contributed by atoms with E-state index in [9.17, 15) is 13.6 Å². The maximum Gasteiger partial charge on any atom is 0.219 e. The van der Waals surface area contributed by atoms with E-state index < -0.39 is 11.6 Å². The molecule has 0 fully saturated rings. The van der Waals surface area contributed by atoms with Crippen LogP contribution in [-0.4, -0.2) is 26.1 Å². The van der Waals surface area contributed by atoms with Gasteiger partial charge in [-0.2, -0.15) is 0 Å². The van der Waals surface area contributed by atoms with Gasteiger partial charge < -0.3 is 15.4 Å². The van der Waals surface area contributed by atoms with Gasteiger partial charge in [0.05, 0.1) is 6.61 Å². The van der Waals surface area contributed by atoms with Crippen LogP contribution in [0.4, 0.5) is 8.78 Å². The van der Waals surface area contributed by atoms with Crippen LogP contribution in [0.25, 0.3) is 0 Å². The maximum atomic E-state index is 13.8. The number of hydrogen-bond donors (Lipinski definition) is 2. The number of carbonyl (C=O) groups excluding carboxylic acids is 1. The highest BCUT2D eigenvalue weighted by Crippen LogP contribution is 2.23. The van der Waals surface area contributed by atoms with Crippen LogP contribution in [0, 0.1) is 11.6 Å². The molecule has 0 bridgehead atoms. The molecule has 1 amide bonds. The molecule has 6 heteroatoms. The van der Waals surface area contributed by atoms with E-state index in [0.717, 1.165) is 13.0 Å². The normalized spacial score (nSPS) is 10.5. The lowest BCUT2D eigenvalue weighted by Crippen LogP contribution is -2.18. The number of rotatable bonds is 9. The van der Waals surface area contributed by atoms with Crippen LogP contribution in [0.5, 0.6) is 5.75 Å². The van der Waals surface area contributed by atoms with E-state index in [-0.39, 0.29) is 24.7 Å². The summed E-state index contributed by atoms with van der Waals surface area (Å²) in [5, 5.41) is 5.55. The Morgan fingerprint density at radius 2 is 1.95 bits per heavy atom. The van der Waals surface area contributed by atoms with Crippen LogP contribution >= 0.6 is 0 Å². The average Bonchev–Trinajstić information content (AvgIpc) is 2.45. The van der Waals surface area contributed by atoms with Crippen molar-refractivity contribution in [1.82, 2.24) is 10.6 Å². The fourth-order valence-electron chi connectivity index (χ4n) is 1.79. The van der Waals surface area contributed by atoms with Gasteiger partial charge in [0.2, 0.25) is 5.91 Å². The molecule has 0 saturated heterocycles. The summed E-state index contributed by atoms with van der Waals surface area (Å²) >= 11 is 0. The van der Waals surface area contributed by atoms with Crippen LogP contribution in [-0.2, 0) is 11.3 Å². The first-order valence-corrected chi connectivity index (χ1v) is 7.10. The minimum Gasteiger partial charge on any atom is -0.488 e. The van der Waals surface area contributed by atoms with Crippen molar-refractivity contribution in [3.8, 4) is 5.75 Å². The van der Waals surface area contributed by atoms with Crippen LogP contribution in [0.15, 0.2) is 12.1 Å². The van der Waals surface area contributed by atoms with E-state index in [4.69, 9.17) is 4.74 Å². The standard InChI is InChI=1S/C15H22F2N2O2/c1-3-6-19-10-11-8-12(16)15(13(17)9-11)21-7-4-5-14(20)18-2/h8-9,19H,3-7,10H2,1-2H3,(H,18,20). The Labute approximate surface area is 123 Å². The Kier molecular flexibility index (Phi) is 7.68. The summed E-state index contributed by atoms with van der Waals surface area (Å²) in [7, 11) is 1.54. The van der Waals surface area contributed by atoms with Crippen LogP contribution in [0.1, 0.15) is 31.7 Å². The van der Waals surface area contributed by atoms with Gasteiger partial charge in [0.1, 0.15) is 0 Å². The molecule has 0 aliphatic heterocycles. The Morgan fingerprint density at radius 3 is 2.52 bits per heavy atom. The van der Waals surface area contributed by atoms with E-state index in [0.29, 0.717) is 18.5 Å². The largest absolute Gasteiger partial charge is 0.488 e. The number of halogens is 2. The highest BCUT2D eigenvalue weighted by Gasteiger charge is 2.12. The van der Waals surface area contributed by atoms with Crippen LogP contribution in [0.2, 0.25) is 0 Å². The molecule has 4 nitrogen and oxygen atoms in total. The topological polar surface area (TPSA) is 50.4 Å². The van der Waals surface area contributed by atoms with E-state index in [1.807, 2.05) is 6.92 Å². The molecule has 0 aromatic heterocycles. The molecule has 0 saturated carbocycles. The van der Waals surface area contributed by atoms with Crippen molar-refractivity contribution in [2.24, 2.45) is 0 Å². The molecule has 0 spiro atoms. The molecule has 1 aromatic rings. The number of carbonyl (C=O) groups is 1. The van der Waals surface area contributed by atoms with Crippen molar-refractivity contribution >= 4 is 5.91 Å². The zero-order valence-corrected chi connectivity index (χ0v) is 12.5. The van der Waals surface area contributed by atoms with Crippen molar-refractivity contribution in [3.05, 3.63) is 29.3 Å². The lowest BCUT2D eigenvalue weighted by Gasteiger charge is -2.10. The lowest BCUT2D eigenvalue weighted by molar-refractivity contribution is -0.120. The molecule has 1 aromatic carbocycles. The first-order valence-electron chi connectivity index (χ1n) is 7.10. The fourth-order valence-corrected chi connectivity index (χ4v) is 1.79. The third-order valence-corrected chi connectivity index (χ3v) is 2.89. The predicted octanol–water partition coefficient (Wildman–Crippen LogP) is 2.37. The second kappa shape index (κ2) is 9.28. The summed E-state index contributed by atoms with van der Waals surface area (Å²) in [6.45, 7) is 3.32. The van der Waals surface area contributed by atoms with Crippen molar-refractivity contribution < 1.29 is 18.3 Å². The number of hydrogen-bond acceptors (Lipinski definition) is 3. The molecule has 0 aliphatic carbocycles. The zero-order valence-electron chi connectivity index (χ0n) is 12.5. The predicted molar refractivity (Wildman–Crippen MR) is 77.2 cm³/mol. The summed E-state index contributed by atoms with van der Waals surface area (Å²) in [5.74, 6) is -1.95. The highest BCUT2D eigenvalue weighted by atomic mass is 19.1. The van der Waals surface area contributed by atoms with Crippen LogP contribution < -0.4 is 15.4 Å². The quantitative estimate of drug-likeness (QED) is 0.688. The molecule has 1 rings (SSSR count). The summed E-state index contributed by atoms with van der Waals surface area (Å²) in [6.07, 6.45) is 1.62. The lowest BCUT2D eigenvalue weighted by atomic mass is 10.2. The van der Waals surface area contributed by atoms with Gasteiger partial charge in [-0.15, -0.1) is 0 Å². The minimum absolute atomic E-state index is 0.0920. The van der Waals surface area contributed by atoms with Crippen molar-refractivity contribution in [1.29, 1.82) is 0 Å². The monoisotopic (exact) mass is 300 g/mol. The average molecular weight is 300 g/mol. The van der Waals surface area contributed by atoms with Crippen molar-refractivity contribution in [3.63, 3.8) is 0 Å². The SMILES string of the molecule is CCCNCc1cc(F)c(OCCCC(=O)NC)c(F)c1. The third kappa shape index (κ3) is 6.08. The zero-order chi connectivity index (χ0) is 15.7. The molecular formula is C15H22F2N2O2. The molecule has 118 valence electrons. The fraction of sp³-hybridized carbons (Fsp3) is 0.533. The molecule has 0 unspecified atom stereocenters. The molecule has 0 aliphatic rings. The summed E-state index contributed by atoms with van der Waals surface area (Å²) in [4.78, 5) is 11.0. The van der Waals surface area contributed by atoms with Gasteiger partial charge in [-0.05, 0) is 37.1 Å². The smallest absolute Gasteiger partial charge is 0.219 e. The second-order valence-electron chi connectivity index (χ2n) is 4.69. The first kappa shape index (κ1) is 17.4.